The van der Waals surface area contributed by atoms with Crippen LogP contribution in [-0.2, 0) is 0 Å². The van der Waals surface area contributed by atoms with Crippen molar-refractivity contribution in [1.29, 1.82) is 5.26 Å². The molecule has 27 heavy (non-hydrogen) atoms. The molecular weight excluding hydrogens is 346 g/mol. The van der Waals surface area contributed by atoms with Gasteiger partial charge in [-0.3, -0.25) is 4.90 Å². The van der Waals surface area contributed by atoms with Gasteiger partial charge in [-0.2, -0.15) is 5.26 Å². The van der Waals surface area contributed by atoms with Gasteiger partial charge in [0.15, 0.2) is 11.4 Å². The second-order valence-electron chi connectivity index (χ2n) is 6.63. The van der Waals surface area contributed by atoms with Crippen LogP contribution < -0.4 is 14.2 Å². The number of likely N-dealkylation sites (tertiary alicyclic amines) is 1. The minimum absolute atomic E-state index is 0.101. The molecule has 140 valence electrons. The average molecular weight is 367 g/mol. The van der Waals surface area contributed by atoms with E-state index in [4.69, 9.17) is 19.5 Å². The van der Waals surface area contributed by atoms with E-state index in [-0.39, 0.29) is 17.8 Å². The quantitative estimate of drug-likeness (QED) is 0.811. The Morgan fingerprint density at radius 3 is 2.70 bits per heavy atom. The molecule has 0 amide bonds. The SMILES string of the molecule is C[C@@H](c1ccc2c(n1)OCCO2)N1CCC(Oc2ccc(C#N)nn2)CC1. The Hall–Kier alpha value is -2.92. The van der Waals surface area contributed by atoms with Crippen molar-refractivity contribution < 1.29 is 14.2 Å². The van der Waals surface area contributed by atoms with Crippen molar-refractivity contribution in [2.24, 2.45) is 0 Å². The second kappa shape index (κ2) is 7.76. The summed E-state index contributed by atoms with van der Waals surface area (Å²) >= 11 is 0. The Morgan fingerprint density at radius 1 is 1.15 bits per heavy atom. The van der Waals surface area contributed by atoms with Gasteiger partial charge in [-0.05, 0) is 38.0 Å². The van der Waals surface area contributed by atoms with Gasteiger partial charge in [0, 0.05) is 25.2 Å². The second-order valence-corrected chi connectivity index (χ2v) is 6.63. The van der Waals surface area contributed by atoms with E-state index in [0.717, 1.165) is 31.6 Å². The molecule has 2 aromatic rings. The smallest absolute Gasteiger partial charge is 0.257 e. The molecule has 2 aliphatic heterocycles. The van der Waals surface area contributed by atoms with Gasteiger partial charge in [0.1, 0.15) is 25.4 Å². The van der Waals surface area contributed by atoms with Crippen LogP contribution in [0.5, 0.6) is 17.5 Å². The Kier molecular flexibility index (Phi) is 5.03. The normalized spacial score (nSPS) is 18.5. The zero-order chi connectivity index (χ0) is 18.6. The lowest BCUT2D eigenvalue weighted by Gasteiger charge is -2.35. The summed E-state index contributed by atoms with van der Waals surface area (Å²) in [5.74, 6) is 1.77. The van der Waals surface area contributed by atoms with Gasteiger partial charge in [0.2, 0.25) is 5.88 Å². The van der Waals surface area contributed by atoms with E-state index < -0.39 is 0 Å². The highest BCUT2D eigenvalue weighted by Gasteiger charge is 2.26. The van der Waals surface area contributed by atoms with E-state index in [1.54, 1.807) is 12.1 Å². The topological polar surface area (TPSA) is 93.4 Å². The third kappa shape index (κ3) is 3.93. The Labute approximate surface area is 157 Å². The summed E-state index contributed by atoms with van der Waals surface area (Å²) in [5, 5.41) is 16.5. The molecule has 0 radical (unpaired) electrons. The number of hydrogen-bond acceptors (Lipinski definition) is 8. The zero-order valence-electron chi connectivity index (χ0n) is 15.2. The summed E-state index contributed by atoms with van der Waals surface area (Å²) in [4.78, 5) is 7.02. The maximum absolute atomic E-state index is 8.77. The molecule has 0 spiro atoms. The fourth-order valence-corrected chi connectivity index (χ4v) is 3.36. The molecule has 2 aromatic heterocycles. The maximum Gasteiger partial charge on any atom is 0.257 e. The van der Waals surface area contributed by atoms with Gasteiger partial charge in [-0.15, -0.1) is 10.2 Å². The zero-order valence-corrected chi connectivity index (χ0v) is 15.2. The van der Waals surface area contributed by atoms with Crippen molar-refractivity contribution in [3.8, 4) is 23.6 Å². The molecule has 0 saturated carbocycles. The lowest BCUT2D eigenvalue weighted by molar-refractivity contribution is 0.0746. The Balaban J connectivity index is 1.33. The number of nitrogens with zero attached hydrogens (tertiary/aromatic N) is 5. The van der Waals surface area contributed by atoms with Gasteiger partial charge < -0.3 is 14.2 Å². The van der Waals surface area contributed by atoms with Crippen LogP contribution in [0.4, 0.5) is 0 Å². The first-order valence-electron chi connectivity index (χ1n) is 9.14. The van der Waals surface area contributed by atoms with E-state index in [9.17, 15) is 0 Å². The third-order valence-electron chi connectivity index (χ3n) is 4.92. The van der Waals surface area contributed by atoms with Crippen molar-refractivity contribution in [3.63, 3.8) is 0 Å². The van der Waals surface area contributed by atoms with E-state index in [2.05, 4.69) is 27.0 Å². The number of nitriles is 1. The molecule has 0 aliphatic carbocycles. The molecule has 4 heterocycles. The van der Waals surface area contributed by atoms with Gasteiger partial charge in [-0.1, -0.05) is 0 Å². The van der Waals surface area contributed by atoms with E-state index in [1.165, 1.54) is 0 Å². The number of rotatable bonds is 4. The average Bonchev–Trinajstić information content (AvgIpc) is 2.74. The van der Waals surface area contributed by atoms with E-state index in [0.29, 0.717) is 30.7 Å². The van der Waals surface area contributed by atoms with Crippen LogP contribution in [0.15, 0.2) is 24.3 Å². The lowest BCUT2D eigenvalue weighted by atomic mass is 10.0. The molecule has 8 heteroatoms. The van der Waals surface area contributed by atoms with Crippen molar-refractivity contribution >= 4 is 0 Å². The number of pyridine rings is 1. The van der Waals surface area contributed by atoms with Crippen LogP contribution in [0.1, 0.15) is 37.2 Å². The van der Waals surface area contributed by atoms with E-state index in [1.807, 2.05) is 18.2 Å². The number of piperidine rings is 1. The van der Waals surface area contributed by atoms with E-state index >= 15 is 0 Å². The summed E-state index contributed by atoms with van der Waals surface area (Å²) in [6.07, 6.45) is 1.90. The highest BCUT2D eigenvalue weighted by molar-refractivity contribution is 5.36. The molecule has 0 aromatic carbocycles. The number of hydrogen-bond donors (Lipinski definition) is 0. The molecule has 2 aliphatic rings. The highest BCUT2D eigenvalue weighted by atomic mass is 16.6. The van der Waals surface area contributed by atoms with Crippen molar-refractivity contribution in [2.75, 3.05) is 26.3 Å². The largest absolute Gasteiger partial charge is 0.484 e. The first kappa shape index (κ1) is 17.5. The number of fused-ring (bicyclic) bond motifs is 1. The fraction of sp³-hybridized carbons (Fsp3) is 0.474. The number of ether oxygens (including phenoxy) is 3. The van der Waals surface area contributed by atoms with Crippen molar-refractivity contribution in [1.82, 2.24) is 20.1 Å². The van der Waals surface area contributed by atoms with Gasteiger partial charge in [-0.25, -0.2) is 4.98 Å². The van der Waals surface area contributed by atoms with Crippen LogP contribution in [0.25, 0.3) is 0 Å². The van der Waals surface area contributed by atoms with Gasteiger partial charge >= 0.3 is 0 Å². The minimum atomic E-state index is 0.101. The van der Waals surface area contributed by atoms with Crippen LogP contribution in [0, 0.1) is 11.3 Å². The first-order valence-corrected chi connectivity index (χ1v) is 9.14. The summed E-state index contributed by atoms with van der Waals surface area (Å²) in [6, 6.07) is 9.40. The minimum Gasteiger partial charge on any atom is -0.484 e. The maximum atomic E-state index is 8.77. The van der Waals surface area contributed by atoms with Crippen LogP contribution >= 0.6 is 0 Å². The molecule has 0 N–H and O–H groups in total. The summed E-state index contributed by atoms with van der Waals surface area (Å²) in [7, 11) is 0. The lowest BCUT2D eigenvalue weighted by Crippen LogP contribution is -2.40. The molecule has 1 fully saturated rings. The van der Waals surface area contributed by atoms with Crippen molar-refractivity contribution in [2.45, 2.75) is 31.9 Å². The first-order chi connectivity index (χ1) is 13.2. The molecule has 0 unspecified atom stereocenters. The predicted octanol–water partition coefficient (Wildman–Crippen LogP) is 2.12. The van der Waals surface area contributed by atoms with Gasteiger partial charge in [0.05, 0.1) is 5.69 Å². The fourth-order valence-electron chi connectivity index (χ4n) is 3.36. The van der Waals surface area contributed by atoms with Gasteiger partial charge in [0.25, 0.3) is 5.88 Å². The standard InChI is InChI=1S/C19H21N5O3/c1-13(16-3-4-17-19(21-16)26-11-10-25-17)24-8-6-15(7-9-24)27-18-5-2-14(12-20)22-23-18/h2-5,13,15H,6-11H2,1H3/t13-/m0/s1. The molecule has 4 rings (SSSR count). The highest BCUT2D eigenvalue weighted by Crippen LogP contribution is 2.31. The predicted molar refractivity (Wildman–Crippen MR) is 95.6 cm³/mol. The molecule has 8 nitrogen and oxygen atoms in total. The van der Waals surface area contributed by atoms with Crippen LogP contribution in [0.2, 0.25) is 0 Å². The third-order valence-corrected chi connectivity index (χ3v) is 4.92. The Bertz CT molecular complexity index is 828. The molecular formula is C19H21N5O3. The molecule has 1 atom stereocenters. The molecule has 0 bridgehead atoms. The summed E-state index contributed by atoms with van der Waals surface area (Å²) in [6.45, 7) is 5.09. The van der Waals surface area contributed by atoms with Crippen LogP contribution in [-0.4, -0.2) is 52.5 Å². The van der Waals surface area contributed by atoms with Crippen molar-refractivity contribution in [3.05, 3.63) is 35.7 Å². The van der Waals surface area contributed by atoms with Crippen LogP contribution in [0.3, 0.4) is 0 Å². The molecule has 1 saturated heterocycles. The monoisotopic (exact) mass is 367 g/mol. The summed E-state index contributed by atoms with van der Waals surface area (Å²) in [5.41, 5.74) is 1.27. The Morgan fingerprint density at radius 2 is 1.96 bits per heavy atom. The number of aromatic nitrogens is 3. The summed E-state index contributed by atoms with van der Waals surface area (Å²) < 4.78 is 17.0.